The van der Waals surface area contributed by atoms with Crippen LogP contribution in [-0.2, 0) is 0 Å². The molecule has 0 aliphatic rings. The zero-order valence-corrected chi connectivity index (χ0v) is 20.3. The van der Waals surface area contributed by atoms with E-state index in [1.807, 2.05) is 0 Å². The summed E-state index contributed by atoms with van der Waals surface area (Å²) in [6, 6.07) is 15.6. The second-order valence-corrected chi connectivity index (χ2v) is 6.73. The summed E-state index contributed by atoms with van der Waals surface area (Å²) in [6.45, 7) is 0. The normalized spacial score (nSPS) is 8.00. The number of pyridine rings is 3. The first kappa shape index (κ1) is 31.5. The zero-order chi connectivity index (χ0) is 17.9. The molecule has 3 aromatic rings. The molecule has 0 aromatic carbocycles. The van der Waals surface area contributed by atoms with Gasteiger partial charge in [0.2, 0.25) is 0 Å². The maximum atomic E-state index is 10.5. The minimum Gasteiger partial charge on any atom is 3.00 e. The minimum atomic E-state index is 0. The Balaban J connectivity index is -0.000000303. The van der Waals surface area contributed by atoms with Gasteiger partial charge >= 0.3 is 209 Å². The van der Waals surface area contributed by atoms with Crippen LogP contribution in [0.4, 0.5) is 0 Å². The average molecular weight is 728 g/mol. The van der Waals surface area contributed by atoms with Crippen molar-refractivity contribution in [2.24, 2.45) is 0 Å². The monoisotopic (exact) mass is 732 g/mol. The number of aromatic nitrogens is 3. The fourth-order valence-corrected chi connectivity index (χ4v) is 2.12. The molecule has 0 aliphatic carbocycles. The second kappa shape index (κ2) is 17.9. The molecular formula is C15H16N3O5Se3Yb. The van der Waals surface area contributed by atoms with Gasteiger partial charge < -0.3 is 11.0 Å². The third-order valence-electron chi connectivity index (χ3n) is 2.37. The summed E-state index contributed by atoms with van der Waals surface area (Å²) < 4.78 is 4.15. The molecule has 4 N–H and O–H groups in total. The van der Waals surface area contributed by atoms with Gasteiger partial charge in [-0.2, -0.15) is 0 Å². The molecule has 0 spiro atoms. The fourth-order valence-electron chi connectivity index (χ4n) is 1.24. The molecule has 0 unspecified atom stereocenters. The van der Waals surface area contributed by atoms with Crippen molar-refractivity contribution < 1.29 is 57.9 Å². The van der Waals surface area contributed by atoms with E-state index in [-0.39, 0.29) is 57.9 Å². The van der Waals surface area contributed by atoms with Gasteiger partial charge in [0.25, 0.3) is 0 Å². The predicted molar refractivity (Wildman–Crippen MR) is 104 cm³/mol. The maximum absolute atomic E-state index is 10.5. The summed E-state index contributed by atoms with van der Waals surface area (Å²) in [5, 5.41) is 31.5. The Morgan fingerprint density at radius 1 is 0.519 bits per heavy atom. The van der Waals surface area contributed by atoms with Gasteiger partial charge in [0.15, 0.2) is 0 Å². The molecular weight excluding hydrogens is 712 g/mol. The standard InChI is InChI=1S/3C5H4NOSe.2H2O.Yb/c3*7-6-4-2-1-3-5(6)8;;;/h3*1-4H;2*1H2;/q3*-1;;;+3. The number of nitrogens with zero attached hydrogens (tertiary/aromatic N) is 3. The molecule has 0 bridgehead atoms. The molecule has 0 fully saturated rings. The van der Waals surface area contributed by atoms with E-state index in [4.69, 9.17) is 0 Å². The summed E-state index contributed by atoms with van der Waals surface area (Å²) >= 11 is 7.86. The number of hydrogen-bond acceptors (Lipinski definition) is 3. The summed E-state index contributed by atoms with van der Waals surface area (Å²) in [5.74, 6) is 0. The van der Waals surface area contributed by atoms with Crippen LogP contribution in [0.5, 0.6) is 0 Å². The van der Waals surface area contributed by atoms with Crippen molar-refractivity contribution in [3.8, 4) is 0 Å². The molecule has 12 heteroatoms. The van der Waals surface area contributed by atoms with Crippen molar-refractivity contribution in [1.82, 2.24) is 14.2 Å². The van der Waals surface area contributed by atoms with Gasteiger partial charge in [0.1, 0.15) is 0 Å². The number of hydrogen-bond donors (Lipinski definition) is 0. The van der Waals surface area contributed by atoms with E-state index in [0.717, 1.165) is 14.2 Å². The van der Waals surface area contributed by atoms with Gasteiger partial charge in [-0.05, 0) is 0 Å². The first-order valence-corrected chi connectivity index (χ1v) is 9.04. The van der Waals surface area contributed by atoms with Crippen LogP contribution >= 0.6 is 0 Å². The molecule has 0 saturated heterocycles. The van der Waals surface area contributed by atoms with E-state index in [1.54, 1.807) is 54.6 Å². The van der Waals surface area contributed by atoms with Crippen molar-refractivity contribution in [3.63, 3.8) is 0 Å². The fraction of sp³-hybridized carbons (Fsp3) is 0. The maximum Gasteiger partial charge on any atom is 3.00 e. The van der Waals surface area contributed by atoms with Crippen LogP contribution in [0.3, 0.4) is 0 Å². The molecule has 3 rings (SSSR count). The van der Waals surface area contributed by atoms with Crippen LogP contribution in [0.25, 0.3) is 0 Å². The van der Waals surface area contributed by atoms with Crippen LogP contribution in [0.15, 0.2) is 73.2 Å². The summed E-state index contributed by atoms with van der Waals surface area (Å²) in [7, 11) is 0. The molecule has 3 heterocycles. The van der Waals surface area contributed by atoms with Crippen molar-refractivity contribution >= 4 is 46.7 Å². The van der Waals surface area contributed by atoms with Crippen LogP contribution in [-0.4, -0.2) is 71.9 Å². The molecule has 1 radical (unpaired) electrons. The van der Waals surface area contributed by atoms with Gasteiger partial charge in [0.05, 0.1) is 0 Å². The molecule has 8 nitrogen and oxygen atoms in total. The summed E-state index contributed by atoms with van der Waals surface area (Å²) in [6.07, 6.45) is 4.35. The van der Waals surface area contributed by atoms with E-state index in [2.05, 4.69) is 46.7 Å². The third kappa shape index (κ3) is 13.6. The summed E-state index contributed by atoms with van der Waals surface area (Å²) in [4.78, 5) is 0. The van der Waals surface area contributed by atoms with Crippen LogP contribution in [0.1, 0.15) is 0 Å². The Morgan fingerprint density at radius 3 is 0.852 bits per heavy atom. The van der Waals surface area contributed by atoms with E-state index < -0.39 is 0 Å². The Kier molecular flexibility index (Phi) is 20.9. The topological polar surface area (TPSA) is 147 Å². The van der Waals surface area contributed by atoms with Gasteiger partial charge in [-0.15, -0.1) is 0 Å². The molecule has 0 aliphatic heterocycles. The van der Waals surface area contributed by atoms with Gasteiger partial charge in [0, 0.05) is 0 Å². The average Bonchev–Trinajstić information content (AvgIpc) is 2.57. The quantitative estimate of drug-likeness (QED) is 0.300. The van der Waals surface area contributed by atoms with Crippen molar-refractivity contribution in [2.45, 2.75) is 0 Å². The predicted octanol–water partition coefficient (Wildman–Crippen LogP) is -0.0459. The first-order chi connectivity index (χ1) is 11.4. The molecule has 0 saturated carbocycles. The second-order valence-electron chi connectivity index (χ2n) is 4.09. The molecule has 27 heavy (non-hydrogen) atoms. The Hall–Kier alpha value is -0.152. The zero-order valence-electron chi connectivity index (χ0n) is 13.5. The van der Waals surface area contributed by atoms with E-state index in [1.165, 1.54) is 18.6 Å². The molecule has 0 amide bonds. The molecule has 0 atom stereocenters. The van der Waals surface area contributed by atoms with Gasteiger partial charge in [-0.1, -0.05) is 0 Å². The van der Waals surface area contributed by atoms with Crippen molar-refractivity contribution in [3.05, 3.63) is 101 Å². The Labute approximate surface area is 217 Å². The van der Waals surface area contributed by atoms with E-state index in [0.29, 0.717) is 12.6 Å². The number of rotatable bonds is 0. The Morgan fingerprint density at radius 2 is 0.741 bits per heavy atom. The van der Waals surface area contributed by atoms with Crippen molar-refractivity contribution in [2.75, 3.05) is 0 Å². The molecule has 3 aromatic heterocycles. The summed E-state index contributed by atoms with van der Waals surface area (Å²) in [5.41, 5.74) is 0. The van der Waals surface area contributed by atoms with Crippen LogP contribution < -0.4 is 0 Å². The van der Waals surface area contributed by atoms with E-state index in [9.17, 15) is 15.6 Å². The van der Waals surface area contributed by atoms with Crippen LogP contribution in [0.2, 0.25) is 0 Å². The Bertz CT molecular complexity index is 824. The first-order valence-electron chi connectivity index (χ1n) is 6.47. The van der Waals surface area contributed by atoms with Gasteiger partial charge in [-0.25, -0.2) is 0 Å². The SMILES string of the molecule is O.O.[O-]n1ccccc1=[Se].[O-]n1ccccc1=[Se].[O-]n1ccccc1=[Se].[Yb+3]. The smallest absolute Gasteiger partial charge is 3.00 e. The minimum absolute atomic E-state index is 0. The third-order valence-corrected chi connectivity index (χ3v) is 4.35. The molecule has 153 valence electrons. The largest absolute Gasteiger partial charge is 3.00 e. The van der Waals surface area contributed by atoms with Gasteiger partial charge in [-0.3, -0.25) is 0 Å². The van der Waals surface area contributed by atoms with Crippen LogP contribution in [0, 0.1) is 75.1 Å². The van der Waals surface area contributed by atoms with Crippen molar-refractivity contribution in [1.29, 1.82) is 0 Å². The van der Waals surface area contributed by atoms with E-state index >= 15 is 0 Å².